The molecule has 0 saturated carbocycles. The standard InChI is InChI=1S/C9H21NO2/c1-4-11-7-5-10-6-8-12-9(2)3/h9-10H,4-8H2,1-3H3. The molecule has 0 aliphatic carbocycles. The molecule has 1 N–H and O–H groups in total. The largest absolute Gasteiger partial charge is 0.380 e. The molecule has 0 fully saturated rings. The molecule has 0 bridgehead atoms. The van der Waals surface area contributed by atoms with Gasteiger partial charge in [0.05, 0.1) is 19.3 Å². The van der Waals surface area contributed by atoms with Crippen LogP contribution < -0.4 is 5.32 Å². The van der Waals surface area contributed by atoms with E-state index in [0.717, 1.165) is 32.9 Å². The molecule has 3 heteroatoms. The minimum absolute atomic E-state index is 0.332. The van der Waals surface area contributed by atoms with Crippen molar-refractivity contribution in [1.82, 2.24) is 5.32 Å². The van der Waals surface area contributed by atoms with Crippen molar-refractivity contribution in [3.8, 4) is 0 Å². The Morgan fingerprint density at radius 2 is 1.83 bits per heavy atom. The van der Waals surface area contributed by atoms with E-state index in [4.69, 9.17) is 9.47 Å². The lowest BCUT2D eigenvalue weighted by atomic mass is 10.5. The van der Waals surface area contributed by atoms with Gasteiger partial charge >= 0.3 is 0 Å². The summed E-state index contributed by atoms with van der Waals surface area (Å²) in [5.74, 6) is 0. The number of ether oxygens (including phenoxy) is 2. The summed E-state index contributed by atoms with van der Waals surface area (Å²) in [5, 5.41) is 3.23. The first-order chi connectivity index (χ1) is 5.77. The summed E-state index contributed by atoms with van der Waals surface area (Å²) < 4.78 is 10.5. The van der Waals surface area contributed by atoms with Crippen molar-refractivity contribution in [2.45, 2.75) is 26.9 Å². The van der Waals surface area contributed by atoms with Gasteiger partial charge in [-0.1, -0.05) is 0 Å². The molecule has 0 aromatic carbocycles. The van der Waals surface area contributed by atoms with Crippen molar-refractivity contribution in [2.75, 3.05) is 32.9 Å². The van der Waals surface area contributed by atoms with Crippen molar-refractivity contribution in [2.24, 2.45) is 0 Å². The Morgan fingerprint density at radius 1 is 1.17 bits per heavy atom. The molecular formula is C9H21NO2. The van der Waals surface area contributed by atoms with Crippen LogP contribution in [0.4, 0.5) is 0 Å². The maximum atomic E-state index is 5.35. The van der Waals surface area contributed by atoms with Crippen LogP contribution in [-0.4, -0.2) is 39.0 Å². The summed E-state index contributed by atoms with van der Waals surface area (Å²) in [5.41, 5.74) is 0. The van der Waals surface area contributed by atoms with Gasteiger partial charge in [-0.05, 0) is 20.8 Å². The van der Waals surface area contributed by atoms with E-state index in [2.05, 4.69) is 5.32 Å². The van der Waals surface area contributed by atoms with E-state index in [0.29, 0.717) is 6.10 Å². The lowest BCUT2D eigenvalue weighted by Gasteiger charge is -2.08. The Balaban J connectivity index is 2.82. The molecule has 0 saturated heterocycles. The second-order valence-electron chi connectivity index (χ2n) is 2.87. The van der Waals surface area contributed by atoms with E-state index in [-0.39, 0.29) is 0 Å². The second kappa shape index (κ2) is 8.97. The zero-order chi connectivity index (χ0) is 9.23. The Labute approximate surface area is 75.4 Å². The van der Waals surface area contributed by atoms with Gasteiger partial charge in [-0.2, -0.15) is 0 Å². The summed E-state index contributed by atoms with van der Waals surface area (Å²) in [4.78, 5) is 0. The number of nitrogens with one attached hydrogen (secondary N) is 1. The van der Waals surface area contributed by atoms with Gasteiger partial charge in [-0.3, -0.25) is 0 Å². The lowest BCUT2D eigenvalue weighted by molar-refractivity contribution is 0.0787. The molecule has 74 valence electrons. The van der Waals surface area contributed by atoms with Gasteiger partial charge in [0.2, 0.25) is 0 Å². The molecular weight excluding hydrogens is 154 g/mol. The van der Waals surface area contributed by atoms with Gasteiger partial charge in [0.25, 0.3) is 0 Å². The normalized spacial score (nSPS) is 11.0. The van der Waals surface area contributed by atoms with E-state index in [9.17, 15) is 0 Å². The van der Waals surface area contributed by atoms with Gasteiger partial charge in [0.15, 0.2) is 0 Å². The summed E-state index contributed by atoms with van der Waals surface area (Å²) in [6, 6.07) is 0. The van der Waals surface area contributed by atoms with E-state index in [1.54, 1.807) is 0 Å². The first-order valence-corrected chi connectivity index (χ1v) is 4.67. The summed E-state index contributed by atoms with van der Waals surface area (Å²) >= 11 is 0. The Morgan fingerprint density at radius 3 is 2.42 bits per heavy atom. The van der Waals surface area contributed by atoms with Gasteiger partial charge < -0.3 is 14.8 Å². The molecule has 0 amide bonds. The molecule has 0 radical (unpaired) electrons. The number of rotatable bonds is 8. The predicted octanol–water partition coefficient (Wildman–Crippen LogP) is 1.04. The fourth-order valence-corrected chi connectivity index (χ4v) is 0.780. The molecule has 0 aliphatic rings. The molecule has 0 aromatic heterocycles. The average Bonchev–Trinajstić information content (AvgIpc) is 2.02. The average molecular weight is 175 g/mol. The van der Waals surface area contributed by atoms with Crippen LogP contribution in [0.1, 0.15) is 20.8 Å². The van der Waals surface area contributed by atoms with Crippen molar-refractivity contribution >= 4 is 0 Å². The number of hydrogen-bond acceptors (Lipinski definition) is 3. The molecule has 0 rings (SSSR count). The predicted molar refractivity (Wildman–Crippen MR) is 50.5 cm³/mol. The SMILES string of the molecule is CCOCCNCCOC(C)C. The van der Waals surface area contributed by atoms with Crippen molar-refractivity contribution in [3.63, 3.8) is 0 Å². The molecule has 3 nitrogen and oxygen atoms in total. The molecule has 0 atom stereocenters. The van der Waals surface area contributed by atoms with E-state index >= 15 is 0 Å². The highest BCUT2D eigenvalue weighted by atomic mass is 16.5. The topological polar surface area (TPSA) is 30.5 Å². The minimum atomic E-state index is 0.332. The molecule has 0 spiro atoms. The van der Waals surface area contributed by atoms with Crippen molar-refractivity contribution in [1.29, 1.82) is 0 Å². The molecule has 0 unspecified atom stereocenters. The number of hydrogen-bond donors (Lipinski definition) is 1. The summed E-state index contributed by atoms with van der Waals surface area (Å²) in [6.07, 6.45) is 0.332. The fourth-order valence-electron chi connectivity index (χ4n) is 0.780. The minimum Gasteiger partial charge on any atom is -0.380 e. The Hall–Kier alpha value is -0.120. The molecule has 0 heterocycles. The summed E-state index contributed by atoms with van der Waals surface area (Å²) in [6.45, 7) is 10.3. The van der Waals surface area contributed by atoms with E-state index < -0.39 is 0 Å². The van der Waals surface area contributed by atoms with Crippen LogP contribution in [0, 0.1) is 0 Å². The third-order valence-electron chi connectivity index (χ3n) is 1.36. The van der Waals surface area contributed by atoms with Crippen molar-refractivity contribution in [3.05, 3.63) is 0 Å². The zero-order valence-corrected chi connectivity index (χ0v) is 8.43. The zero-order valence-electron chi connectivity index (χ0n) is 8.43. The molecule has 0 aliphatic heterocycles. The summed E-state index contributed by atoms with van der Waals surface area (Å²) in [7, 11) is 0. The third kappa shape index (κ3) is 9.88. The molecule has 12 heavy (non-hydrogen) atoms. The van der Waals surface area contributed by atoms with Gasteiger partial charge in [0, 0.05) is 19.7 Å². The van der Waals surface area contributed by atoms with Crippen LogP contribution in [-0.2, 0) is 9.47 Å². The highest BCUT2D eigenvalue weighted by Gasteiger charge is 1.91. The van der Waals surface area contributed by atoms with Gasteiger partial charge in [-0.25, -0.2) is 0 Å². The third-order valence-corrected chi connectivity index (χ3v) is 1.36. The maximum absolute atomic E-state index is 5.35. The van der Waals surface area contributed by atoms with E-state index in [1.807, 2.05) is 20.8 Å². The Kier molecular flexibility index (Phi) is 8.88. The van der Waals surface area contributed by atoms with Crippen LogP contribution >= 0.6 is 0 Å². The Bertz CT molecular complexity index is 86.6. The quantitative estimate of drug-likeness (QED) is 0.559. The monoisotopic (exact) mass is 175 g/mol. The lowest BCUT2D eigenvalue weighted by Crippen LogP contribution is -2.25. The van der Waals surface area contributed by atoms with Crippen LogP contribution in [0.25, 0.3) is 0 Å². The fraction of sp³-hybridized carbons (Fsp3) is 1.00. The van der Waals surface area contributed by atoms with E-state index in [1.165, 1.54) is 0 Å². The van der Waals surface area contributed by atoms with Gasteiger partial charge in [-0.15, -0.1) is 0 Å². The van der Waals surface area contributed by atoms with Crippen LogP contribution in [0.2, 0.25) is 0 Å². The van der Waals surface area contributed by atoms with Crippen LogP contribution in [0.3, 0.4) is 0 Å². The van der Waals surface area contributed by atoms with Gasteiger partial charge in [0.1, 0.15) is 0 Å². The highest BCUT2D eigenvalue weighted by molar-refractivity contribution is 4.45. The van der Waals surface area contributed by atoms with Crippen molar-refractivity contribution < 1.29 is 9.47 Å². The maximum Gasteiger partial charge on any atom is 0.0594 e. The van der Waals surface area contributed by atoms with Crippen LogP contribution in [0.5, 0.6) is 0 Å². The smallest absolute Gasteiger partial charge is 0.0594 e. The first-order valence-electron chi connectivity index (χ1n) is 4.67. The van der Waals surface area contributed by atoms with Crippen LogP contribution in [0.15, 0.2) is 0 Å². The molecule has 0 aromatic rings. The highest BCUT2D eigenvalue weighted by Crippen LogP contribution is 1.84. The first kappa shape index (κ1) is 11.9. The second-order valence-corrected chi connectivity index (χ2v) is 2.87.